The van der Waals surface area contributed by atoms with Crippen molar-refractivity contribution in [1.82, 2.24) is 4.57 Å². The molecular weight excluding hydrogens is 863 g/mol. The summed E-state index contributed by atoms with van der Waals surface area (Å²) in [5.74, 6) is 0. The molecule has 1 aromatic heterocycles. The topological polar surface area (TPSA) is 31.2 Å². The molecule has 71 heavy (non-hydrogen) atoms. The minimum atomic E-state index is -0.242. The van der Waals surface area contributed by atoms with Gasteiger partial charge in [0.15, 0.2) is 0 Å². The molecule has 32 rings (SSSR count). The number of carbonyl (C=O) groups excluding carboxylic acids is 1. The monoisotopic (exact) mass is 869 g/mol. The van der Waals surface area contributed by atoms with Gasteiger partial charge in [-0.05, 0) is 5.56 Å². The number of aromatic nitrogens is 1. The van der Waals surface area contributed by atoms with E-state index in [9.17, 15) is 0 Å². The molecule has 296 valence electrons. The maximum atomic E-state index is 16.3. The molecule has 31 aromatic carbocycles. The van der Waals surface area contributed by atoms with Crippen LogP contribution >= 0.6 is 0 Å². The summed E-state index contributed by atoms with van der Waals surface area (Å²) < 4.78 is 9.04. The molecule has 0 unspecified atom stereocenters. The summed E-state index contributed by atoms with van der Waals surface area (Å²) in [4.78, 5) is 16.3. The highest BCUT2D eigenvalue weighted by Gasteiger charge is 2.51. The average Bonchev–Trinajstić information content (AvgIpc) is 4.39. The Balaban J connectivity index is 1.16. The number of ether oxygens (including phenoxy) is 1. The highest BCUT2D eigenvalue weighted by molar-refractivity contribution is 6.84. The second-order valence-electron chi connectivity index (χ2n) is 24.8. The van der Waals surface area contributed by atoms with Crippen LogP contribution in [0.4, 0.5) is 4.79 Å². The van der Waals surface area contributed by atoms with Crippen LogP contribution < -0.4 is 0 Å². The maximum Gasteiger partial charge on any atom is 0.419 e. The average molecular weight is 870 g/mol. The van der Waals surface area contributed by atoms with Crippen LogP contribution in [-0.2, 0) is 11.3 Å². The lowest BCUT2D eigenvalue weighted by molar-refractivity contribution is 0.143. The third kappa shape index (κ3) is 1.51. The van der Waals surface area contributed by atoms with E-state index in [1.807, 2.05) is 0 Å². The Hall–Kier alpha value is -9.31. The third-order valence-corrected chi connectivity index (χ3v) is 24.0. The number of nitrogens with zero attached hydrogens (tertiary/aromatic N) is 1. The predicted octanol–water partition coefficient (Wildman–Crippen LogP) is 19.3. The molecule has 0 fully saturated rings. The molecule has 0 bridgehead atoms. The summed E-state index contributed by atoms with van der Waals surface area (Å²) in [5.41, 5.74) is 3.24. The molecule has 1 heterocycles. The molecule has 0 aliphatic rings. The van der Waals surface area contributed by atoms with Crippen molar-refractivity contribution in [3.05, 3.63) is 35.9 Å². The van der Waals surface area contributed by atoms with E-state index in [1.54, 1.807) is 151 Å². The second kappa shape index (κ2) is 6.20. The minimum Gasteiger partial charge on any atom is -0.444 e. The Kier molecular flexibility index (Phi) is 2.31. The summed E-state index contributed by atoms with van der Waals surface area (Å²) in [6.45, 7) is 0.232. The highest BCUT2D eigenvalue weighted by atomic mass is 16.5. The Morgan fingerprint density at radius 1 is 0.239 bits per heavy atom. The first-order chi connectivity index (χ1) is 35.4. The molecule has 0 saturated heterocycles. The molecule has 0 aliphatic carbocycles. The van der Waals surface area contributed by atoms with Crippen molar-refractivity contribution in [3.63, 3.8) is 0 Å². The van der Waals surface area contributed by atoms with Gasteiger partial charge in [-0.1, -0.05) is 30.3 Å². The summed E-state index contributed by atoms with van der Waals surface area (Å²) in [7, 11) is 0. The molecule has 0 atom stereocenters. The quantitative estimate of drug-likeness (QED) is 0.128. The third-order valence-electron chi connectivity index (χ3n) is 24.0. The van der Waals surface area contributed by atoms with Gasteiger partial charge < -0.3 is 4.74 Å². The van der Waals surface area contributed by atoms with Gasteiger partial charge in [-0.3, -0.25) is 0 Å². The summed E-state index contributed by atoms with van der Waals surface area (Å²) in [6, 6.07) is 10.4. The largest absolute Gasteiger partial charge is 0.444 e. The first-order valence-electron chi connectivity index (χ1n) is 25.9. The first-order valence-corrected chi connectivity index (χ1v) is 25.9. The van der Waals surface area contributed by atoms with Crippen molar-refractivity contribution < 1.29 is 9.53 Å². The smallest absolute Gasteiger partial charge is 0.419 e. The zero-order valence-corrected chi connectivity index (χ0v) is 35.9. The van der Waals surface area contributed by atoms with Gasteiger partial charge in [0.2, 0.25) is 0 Å². The van der Waals surface area contributed by atoms with Gasteiger partial charge in [-0.2, -0.15) is 0 Å². The van der Waals surface area contributed by atoms with Crippen molar-refractivity contribution in [2.45, 2.75) is 6.61 Å². The minimum absolute atomic E-state index is 0.232. The lowest BCUT2D eigenvalue weighted by atomic mass is 9.84. The molecule has 0 amide bonds. The van der Waals surface area contributed by atoms with Gasteiger partial charge >= 0.3 is 6.09 Å². The van der Waals surface area contributed by atoms with Gasteiger partial charge in [0.25, 0.3) is 0 Å². The van der Waals surface area contributed by atoms with E-state index in [4.69, 9.17) is 4.74 Å². The van der Waals surface area contributed by atoms with Crippen molar-refractivity contribution in [3.8, 4) is 0 Å². The summed E-state index contributed by atoms with van der Waals surface area (Å²) in [5, 5.41) is 88.4. The van der Waals surface area contributed by atoms with E-state index in [0.717, 1.165) is 16.6 Å². The van der Waals surface area contributed by atoms with Crippen LogP contribution in [-0.4, -0.2) is 10.7 Å². The van der Waals surface area contributed by atoms with E-state index < -0.39 is 0 Å². The van der Waals surface area contributed by atoms with Gasteiger partial charge in [0.1, 0.15) is 6.61 Å². The lowest BCUT2D eigenvalue weighted by Gasteiger charge is -2.23. The van der Waals surface area contributed by atoms with Crippen molar-refractivity contribution in [2.24, 2.45) is 0 Å². The molecule has 32 aromatic rings. The summed E-state index contributed by atoms with van der Waals surface area (Å²) in [6.07, 6.45) is -0.242. The molecule has 0 spiro atoms. The zero-order chi connectivity index (χ0) is 42.3. The van der Waals surface area contributed by atoms with Crippen molar-refractivity contribution in [1.29, 1.82) is 0 Å². The van der Waals surface area contributed by atoms with Crippen molar-refractivity contribution in [2.75, 3.05) is 0 Å². The SMILES string of the molecule is O=C(OCc1ccccc1)n1c2c3c4c5c6c7c8c9c%10c%11c%12c9c9c7c7c%13c9c9c%12c%12c%14c%11c%11c%15c%10c%10c8c6c6c8c%10c%15c%10c%15c%11c%14c%11c%14c%12c9c9c%13c(c3c75)c3c9c%14c5c%11c%15c7c%10c8c(c64)c2c7c5c31. The number of carbonyl (C=O) groups is 1. The maximum absolute atomic E-state index is 16.3. The van der Waals surface area contributed by atoms with Gasteiger partial charge in [-0.15, -0.1) is 0 Å². The predicted molar refractivity (Wildman–Crippen MR) is 300 cm³/mol. The zero-order valence-electron chi connectivity index (χ0n) is 35.9. The molecule has 3 heteroatoms. The van der Waals surface area contributed by atoms with Crippen LogP contribution in [0.3, 0.4) is 0 Å². The standard InChI is InChI=1S/C68H7NO2/c70-68(71-6-7-4-2-1-3-5-7)69-66-62-55-48-36-28-19-10-8-9-11-14(10)23-30(28)38-39-31(23)29-20(11)22-18-13(9)16-15-12(8)17-21(19)34(36)42-40-26(17)24(15)32-33-25(16)27(18)41-43-35(22)37(29)49-51(39)60(59(62)50(38)48)63-56(49)54(43)58-47(41)45(33)52-44(32)46(40)57(53(42)55)64(66)61(52)65(58)67(63)69/h1-5H,6H2. The van der Waals surface area contributed by atoms with Crippen LogP contribution in [0, 0.1) is 0 Å². The fourth-order valence-electron chi connectivity index (χ4n) is 23.5. The van der Waals surface area contributed by atoms with Crippen LogP contribution in [0.2, 0.25) is 0 Å². The second-order valence-corrected chi connectivity index (χ2v) is 24.8. The normalized spacial score (nSPS) is 16.8. The summed E-state index contributed by atoms with van der Waals surface area (Å²) >= 11 is 0. The lowest BCUT2D eigenvalue weighted by Crippen LogP contribution is -2.16. The number of fused-ring (bicyclic) bond motifs is 5. The van der Waals surface area contributed by atoms with E-state index in [2.05, 4.69) is 34.9 Å². The fraction of sp³-hybridized carbons (Fsp3) is 0.0147. The Bertz CT molecular complexity index is 7230. The first kappa shape index (κ1) is 26.4. The number of rotatable bonds is 2. The molecular formula is C68H7NO2. The Morgan fingerprint density at radius 3 is 0.577 bits per heavy atom. The van der Waals surface area contributed by atoms with E-state index >= 15 is 4.79 Å². The van der Waals surface area contributed by atoms with E-state index in [0.29, 0.717) is 0 Å². The van der Waals surface area contributed by atoms with Gasteiger partial charge in [0, 0.05) is 312 Å². The van der Waals surface area contributed by atoms with Crippen LogP contribution in [0.5, 0.6) is 0 Å². The molecule has 0 saturated carbocycles. The van der Waals surface area contributed by atoms with Crippen LogP contribution in [0.1, 0.15) is 5.56 Å². The molecule has 0 aliphatic heterocycles. The number of pyridine rings is 1. The molecule has 3 nitrogen and oxygen atoms in total. The molecule has 0 N–H and O–H groups in total. The van der Waals surface area contributed by atoms with Gasteiger partial charge in [-0.25, -0.2) is 9.36 Å². The van der Waals surface area contributed by atoms with Crippen LogP contribution in [0.15, 0.2) is 30.3 Å². The van der Waals surface area contributed by atoms with E-state index in [1.165, 1.54) is 162 Å². The van der Waals surface area contributed by atoms with E-state index in [-0.39, 0.29) is 12.7 Å². The van der Waals surface area contributed by atoms with Crippen LogP contribution in [0.25, 0.3) is 323 Å². The Labute approximate surface area is 384 Å². The Morgan fingerprint density at radius 2 is 0.394 bits per heavy atom. The van der Waals surface area contributed by atoms with Gasteiger partial charge in [0.05, 0.1) is 11.0 Å². The number of hydrogen-bond donors (Lipinski definition) is 0. The highest BCUT2D eigenvalue weighted by Crippen LogP contribution is 2.80. The number of benzene rings is 20. The number of hydrogen-bond acceptors (Lipinski definition) is 2. The fourth-order valence-corrected chi connectivity index (χ4v) is 23.5. The molecule has 0 radical (unpaired) electrons. The van der Waals surface area contributed by atoms with Crippen molar-refractivity contribution >= 4 is 330 Å².